The highest BCUT2D eigenvalue weighted by atomic mass is 16.5. The third kappa shape index (κ3) is 3.79. The Morgan fingerprint density at radius 1 is 1.07 bits per heavy atom. The first-order chi connectivity index (χ1) is 13.2. The second kappa shape index (κ2) is 8.04. The minimum absolute atomic E-state index is 0. The Balaban J connectivity index is 0.00000192. The number of likely N-dealkylation sites (tertiary alicyclic amines) is 1. The smallest absolute Gasteiger partial charge is 0.228 e. The van der Waals surface area contributed by atoms with E-state index in [1.807, 2.05) is 18.2 Å². The molecule has 2 heterocycles. The summed E-state index contributed by atoms with van der Waals surface area (Å²) in [6, 6.07) is 5.77. The quantitative estimate of drug-likeness (QED) is 0.722. The summed E-state index contributed by atoms with van der Waals surface area (Å²) in [4.78, 5) is 19.9. The van der Waals surface area contributed by atoms with Crippen LogP contribution in [0.3, 0.4) is 0 Å². The molecule has 154 valence electrons. The summed E-state index contributed by atoms with van der Waals surface area (Å²) in [6.07, 6.45) is 12.9. The minimum atomic E-state index is 0. The maximum absolute atomic E-state index is 13.5. The monoisotopic (exact) mass is 384 g/mol. The fourth-order valence-electron chi connectivity index (χ4n) is 6.90. The zero-order chi connectivity index (χ0) is 18.3. The second-order valence-electron chi connectivity index (χ2n) is 9.74. The molecule has 0 aromatic carbocycles. The van der Waals surface area contributed by atoms with Crippen LogP contribution in [0.1, 0.15) is 65.2 Å². The number of aromatic nitrogens is 1. The Kier molecular flexibility index (Phi) is 5.66. The zero-order valence-corrected chi connectivity index (χ0v) is 16.3. The second-order valence-corrected chi connectivity index (χ2v) is 9.74. The van der Waals surface area contributed by atoms with Crippen molar-refractivity contribution >= 4 is 5.91 Å². The maximum atomic E-state index is 13.5. The lowest BCUT2D eigenvalue weighted by Crippen LogP contribution is -2.55. The molecule has 4 bridgehead atoms. The Bertz CT molecular complexity index is 631. The molecule has 6 rings (SSSR count). The van der Waals surface area contributed by atoms with Crippen molar-refractivity contribution in [3.63, 3.8) is 0 Å². The maximum Gasteiger partial charge on any atom is 0.228 e. The van der Waals surface area contributed by atoms with E-state index >= 15 is 0 Å². The topological polar surface area (TPSA) is 42.4 Å². The van der Waals surface area contributed by atoms with Gasteiger partial charge >= 0.3 is 0 Å². The van der Waals surface area contributed by atoms with Crippen molar-refractivity contribution < 1.29 is 9.53 Å². The summed E-state index contributed by atoms with van der Waals surface area (Å²) in [5.41, 5.74) is 0.0314. The third-order valence-corrected chi connectivity index (χ3v) is 7.81. The molecule has 0 spiro atoms. The molecule has 0 N–H and O–H groups in total. The van der Waals surface area contributed by atoms with Crippen LogP contribution in [0.25, 0.3) is 0 Å². The fraction of sp³-hybridized carbons (Fsp3) is 0.750. The van der Waals surface area contributed by atoms with E-state index in [0.29, 0.717) is 17.7 Å². The molecule has 0 unspecified atom stereocenters. The predicted octanol–water partition coefficient (Wildman–Crippen LogP) is 4.94. The van der Waals surface area contributed by atoms with Crippen LogP contribution in [0.5, 0.6) is 5.88 Å². The van der Waals surface area contributed by atoms with E-state index in [-0.39, 0.29) is 12.8 Å². The summed E-state index contributed by atoms with van der Waals surface area (Å²) in [7, 11) is 0. The molecule has 0 atom stereocenters. The number of pyridine rings is 1. The van der Waals surface area contributed by atoms with Crippen molar-refractivity contribution in [2.24, 2.45) is 29.1 Å². The van der Waals surface area contributed by atoms with Crippen LogP contribution >= 0.6 is 0 Å². The van der Waals surface area contributed by atoms with Gasteiger partial charge in [0.25, 0.3) is 0 Å². The number of nitrogens with zero attached hydrogens (tertiary/aromatic N) is 2. The summed E-state index contributed by atoms with van der Waals surface area (Å²) >= 11 is 0. The van der Waals surface area contributed by atoms with Crippen molar-refractivity contribution in [1.29, 1.82) is 0 Å². The van der Waals surface area contributed by atoms with Gasteiger partial charge in [-0.25, -0.2) is 4.98 Å². The molecule has 1 aliphatic heterocycles. The number of ether oxygens (including phenoxy) is 1. The van der Waals surface area contributed by atoms with Gasteiger partial charge in [-0.05, 0) is 87.5 Å². The lowest BCUT2D eigenvalue weighted by atomic mass is 9.49. The summed E-state index contributed by atoms with van der Waals surface area (Å²) < 4.78 is 5.76. The van der Waals surface area contributed by atoms with Gasteiger partial charge in [0.05, 0.1) is 12.0 Å². The molecule has 5 fully saturated rings. The SMILES string of the molecule is C.O=C(N1CCC(CCOc2ccccn2)CC1)C12CC3CC(CC(C3)C1)C2. The van der Waals surface area contributed by atoms with Gasteiger partial charge in [0, 0.05) is 25.4 Å². The number of carbonyl (C=O) groups is 1. The molecule has 28 heavy (non-hydrogen) atoms. The van der Waals surface area contributed by atoms with Gasteiger partial charge in [-0.1, -0.05) is 13.5 Å². The van der Waals surface area contributed by atoms with Gasteiger partial charge in [-0.3, -0.25) is 4.79 Å². The number of rotatable bonds is 5. The van der Waals surface area contributed by atoms with Crippen LogP contribution in [-0.4, -0.2) is 35.5 Å². The molecule has 0 radical (unpaired) electrons. The Morgan fingerprint density at radius 2 is 1.71 bits per heavy atom. The number of carbonyl (C=O) groups excluding carboxylic acids is 1. The molecular weight excluding hydrogens is 348 g/mol. The van der Waals surface area contributed by atoms with E-state index in [9.17, 15) is 4.79 Å². The van der Waals surface area contributed by atoms with E-state index in [1.54, 1.807) is 6.20 Å². The van der Waals surface area contributed by atoms with Crippen LogP contribution in [0.4, 0.5) is 0 Å². The first-order valence-corrected chi connectivity index (χ1v) is 11.0. The van der Waals surface area contributed by atoms with Crippen LogP contribution in [0.2, 0.25) is 0 Å². The van der Waals surface area contributed by atoms with Crippen molar-refractivity contribution in [2.45, 2.75) is 65.2 Å². The third-order valence-electron chi connectivity index (χ3n) is 7.81. The lowest BCUT2D eigenvalue weighted by Gasteiger charge is -2.57. The minimum Gasteiger partial charge on any atom is -0.478 e. The number of hydrogen-bond acceptors (Lipinski definition) is 3. The van der Waals surface area contributed by atoms with Crippen LogP contribution in [0.15, 0.2) is 24.4 Å². The first-order valence-electron chi connectivity index (χ1n) is 11.0. The molecule has 4 saturated carbocycles. The lowest BCUT2D eigenvalue weighted by molar-refractivity contribution is -0.159. The van der Waals surface area contributed by atoms with Gasteiger partial charge in [0.2, 0.25) is 11.8 Å². The van der Waals surface area contributed by atoms with Crippen molar-refractivity contribution in [2.75, 3.05) is 19.7 Å². The summed E-state index contributed by atoms with van der Waals surface area (Å²) in [5, 5.41) is 0. The Hall–Kier alpha value is -1.58. The number of piperidine rings is 1. The average molecular weight is 385 g/mol. The normalized spacial score (nSPS) is 34.1. The highest BCUT2D eigenvalue weighted by Gasteiger charge is 2.55. The Labute approximate surface area is 170 Å². The molecule has 1 aromatic rings. The number of hydrogen-bond donors (Lipinski definition) is 0. The predicted molar refractivity (Wildman–Crippen MR) is 111 cm³/mol. The van der Waals surface area contributed by atoms with Gasteiger partial charge in [-0.2, -0.15) is 0 Å². The van der Waals surface area contributed by atoms with Crippen molar-refractivity contribution in [3.8, 4) is 5.88 Å². The average Bonchev–Trinajstić information content (AvgIpc) is 2.68. The van der Waals surface area contributed by atoms with E-state index in [0.717, 1.165) is 56.7 Å². The highest BCUT2D eigenvalue weighted by Crippen LogP contribution is 2.60. The number of amides is 1. The van der Waals surface area contributed by atoms with Gasteiger partial charge < -0.3 is 9.64 Å². The fourth-order valence-corrected chi connectivity index (χ4v) is 6.90. The van der Waals surface area contributed by atoms with Crippen LogP contribution in [-0.2, 0) is 4.79 Å². The van der Waals surface area contributed by atoms with Crippen LogP contribution < -0.4 is 4.74 Å². The molecule has 1 amide bonds. The van der Waals surface area contributed by atoms with E-state index in [1.165, 1.54) is 38.5 Å². The molecule has 4 heteroatoms. The molecule has 4 aliphatic carbocycles. The molecular formula is C24H36N2O2. The molecule has 4 nitrogen and oxygen atoms in total. The van der Waals surface area contributed by atoms with Gasteiger partial charge in [-0.15, -0.1) is 0 Å². The molecule has 1 aromatic heterocycles. The Morgan fingerprint density at radius 3 is 2.29 bits per heavy atom. The first kappa shape index (κ1) is 19.7. The molecule has 5 aliphatic rings. The van der Waals surface area contributed by atoms with Crippen LogP contribution in [0, 0.1) is 29.1 Å². The van der Waals surface area contributed by atoms with Crippen molar-refractivity contribution in [1.82, 2.24) is 9.88 Å². The largest absolute Gasteiger partial charge is 0.478 e. The standard InChI is InChI=1S/C23H32N2O2.CH4/c26-22(23-14-18-11-19(15-23)13-20(12-18)16-23)25-8-4-17(5-9-25)6-10-27-21-3-1-2-7-24-21;/h1-3,7,17-20H,4-6,8-16H2;1H4. The van der Waals surface area contributed by atoms with Gasteiger partial charge in [0.1, 0.15) is 0 Å². The van der Waals surface area contributed by atoms with Crippen molar-refractivity contribution in [3.05, 3.63) is 24.4 Å². The molecule has 1 saturated heterocycles. The highest BCUT2D eigenvalue weighted by molar-refractivity contribution is 5.83. The van der Waals surface area contributed by atoms with E-state index in [2.05, 4.69) is 9.88 Å². The van der Waals surface area contributed by atoms with E-state index in [4.69, 9.17) is 4.74 Å². The summed E-state index contributed by atoms with van der Waals surface area (Å²) in [6.45, 7) is 2.63. The summed E-state index contributed by atoms with van der Waals surface area (Å²) in [5.74, 6) is 4.45. The zero-order valence-electron chi connectivity index (χ0n) is 16.3. The van der Waals surface area contributed by atoms with Gasteiger partial charge in [0.15, 0.2) is 0 Å². The van der Waals surface area contributed by atoms with E-state index < -0.39 is 0 Å².